The Bertz CT molecular complexity index is 316. The van der Waals surface area contributed by atoms with Crippen LogP contribution in [0.15, 0.2) is 0 Å². The quantitative estimate of drug-likeness (QED) is 0.788. The Balaban J connectivity index is 1.59. The van der Waals surface area contributed by atoms with E-state index in [0.717, 1.165) is 24.2 Å². The molecule has 0 saturated heterocycles. The van der Waals surface area contributed by atoms with Gasteiger partial charge in [0.05, 0.1) is 6.10 Å². The van der Waals surface area contributed by atoms with Crippen LogP contribution in [0.4, 0.5) is 0 Å². The van der Waals surface area contributed by atoms with Crippen molar-refractivity contribution in [2.45, 2.75) is 70.8 Å². The maximum atomic E-state index is 10.7. The molecule has 0 aromatic rings. The summed E-state index contributed by atoms with van der Waals surface area (Å²) in [4.78, 5) is 0. The van der Waals surface area contributed by atoms with Crippen LogP contribution in [0.25, 0.3) is 0 Å². The molecule has 1 heteroatoms. The number of aliphatic hydroxyl groups excluding tert-OH is 1. The lowest BCUT2D eigenvalue weighted by Gasteiger charge is -2.62. The van der Waals surface area contributed by atoms with Gasteiger partial charge in [0.2, 0.25) is 0 Å². The van der Waals surface area contributed by atoms with E-state index in [9.17, 15) is 5.11 Å². The standard InChI is InChI=1S/C16H26O/c1-15-6-12-4-13(7-15)9-16(8-12,10-15)14(17)5-11-2-3-11/h11-14,17H,2-10H2,1H3. The molecule has 0 spiro atoms. The van der Waals surface area contributed by atoms with Crippen molar-refractivity contribution in [3.8, 4) is 0 Å². The number of hydrogen-bond acceptors (Lipinski definition) is 1. The smallest absolute Gasteiger partial charge is 0.0599 e. The monoisotopic (exact) mass is 234 g/mol. The highest BCUT2D eigenvalue weighted by Crippen LogP contribution is 2.66. The van der Waals surface area contributed by atoms with Gasteiger partial charge in [0, 0.05) is 0 Å². The van der Waals surface area contributed by atoms with Crippen LogP contribution in [-0.2, 0) is 0 Å². The van der Waals surface area contributed by atoms with Crippen LogP contribution in [0.1, 0.15) is 64.7 Å². The Kier molecular flexibility index (Phi) is 2.10. The highest BCUT2D eigenvalue weighted by atomic mass is 16.3. The lowest BCUT2D eigenvalue weighted by molar-refractivity contribution is -0.155. The van der Waals surface area contributed by atoms with E-state index in [4.69, 9.17) is 0 Å². The Morgan fingerprint density at radius 2 is 1.76 bits per heavy atom. The third-order valence-electron chi connectivity index (χ3n) is 6.36. The molecule has 1 N–H and O–H groups in total. The fraction of sp³-hybridized carbons (Fsp3) is 1.00. The van der Waals surface area contributed by atoms with E-state index in [1.54, 1.807) is 0 Å². The average Bonchev–Trinajstić information content (AvgIpc) is 2.97. The van der Waals surface area contributed by atoms with Crippen molar-refractivity contribution in [1.82, 2.24) is 0 Å². The highest BCUT2D eigenvalue weighted by molar-refractivity contribution is 5.08. The first-order valence-electron chi connectivity index (χ1n) is 7.75. The van der Waals surface area contributed by atoms with Gasteiger partial charge in [-0.2, -0.15) is 0 Å². The summed E-state index contributed by atoms with van der Waals surface area (Å²) in [6.45, 7) is 2.50. The SMILES string of the molecule is CC12CC3CC(C1)CC(C(O)CC1CC1)(C3)C2. The molecule has 5 rings (SSSR count). The van der Waals surface area contributed by atoms with Crippen LogP contribution in [0.3, 0.4) is 0 Å². The van der Waals surface area contributed by atoms with Gasteiger partial charge < -0.3 is 5.11 Å². The van der Waals surface area contributed by atoms with Crippen LogP contribution in [0.5, 0.6) is 0 Å². The molecule has 3 unspecified atom stereocenters. The van der Waals surface area contributed by atoms with Crippen molar-refractivity contribution in [1.29, 1.82) is 0 Å². The van der Waals surface area contributed by atoms with E-state index in [2.05, 4.69) is 6.92 Å². The molecule has 5 fully saturated rings. The maximum absolute atomic E-state index is 10.7. The van der Waals surface area contributed by atoms with Gasteiger partial charge in [-0.15, -0.1) is 0 Å². The molecule has 3 atom stereocenters. The number of aliphatic hydroxyl groups is 1. The second-order valence-electron chi connectivity index (χ2n) is 8.33. The first-order valence-corrected chi connectivity index (χ1v) is 7.75. The zero-order chi connectivity index (χ0) is 11.7. The number of hydrogen-bond donors (Lipinski definition) is 1. The van der Waals surface area contributed by atoms with Gasteiger partial charge in [-0.05, 0) is 73.5 Å². The molecule has 0 aromatic heterocycles. The second kappa shape index (κ2) is 3.29. The predicted octanol–water partition coefficient (Wildman–Crippen LogP) is 3.75. The first kappa shape index (κ1) is 10.8. The molecule has 0 amide bonds. The van der Waals surface area contributed by atoms with Crippen molar-refractivity contribution < 1.29 is 5.11 Å². The lowest BCUT2D eigenvalue weighted by atomic mass is 9.43. The van der Waals surface area contributed by atoms with Gasteiger partial charge >= 0.3 is 0 Å². The normalized spacial score (nSPS) is 54.0. The summed E-state index contributed by atoms with van der Waals surface area (Å²) in [6.07, 6.45) is 12.4. The molecule has 0 heterocycles. The Morgan fingerprint density at radius 3 is 2.29 bits per heavy atom. The zero-order valence-electron chi connectivity index (χ0n) is 11.1. The molecule has 5 aliphatic carbocycles. The fourth-order valence-corrected chi connectivity index (χ4v) is 6.11. The highest BCUT2D eigenvalue weighted by Gasteiger charge is 2.58. The van der Waals surface area contributed by atoms with E-state index in [1.807, 2.05) is 0 Å². The molecular weight excluding hydrogens is 208 g/mol. The molecule has 17 heavy (non-hydrogen) atoms. The van der Waals surface area contributed by atoms with E-state index in [-0.39, 0.29) is 6.10 Å². The minimum Gasteiger partial charge on any atom is -0.393 e. The van der Waals surface area contributed by atoms with Crippen molar-refractivity contribution in [2.24, 2.45) is 28.6 Å². The van der Waals surface area contributed by atoms with Gasteiger partial charge in [0.15, 0.2) is 0 Å². The Morgan fingerprint density at radius 1 is 1.12 bits per heavy atom. The predicted molar refractivity (Wildman–Crippen MR) is 68.6 cm³/mol. The van der Waals surface area contributed by atoms with Crippen LogP contribution in [-0.4, -0.2) is 11.2 Å². The molecule has 4 bridgehead atoms. The molecule has 0 radical (unpaired) electrons. The van der Waals surface area contributed by atoms with Gasteiger partial charge in [0.1, 0.15) is 0 Å². The molecular formula is C16H26O. The largest absolute Gasteiger partial charge is 0.393 e. The van der Waals surface area contributed by atoms with E-state index in [0.29, 0.717) is 10.8 Å². The van der Waals surface area contributed by atoms with Crippen molar-refractivity contribution in [3.63, 3.8) is 0 Å². The summed E-state index contributed by atoms with van der Waals surface area (Å²) in [5.74, 6) is 2.79. The van der Waals surface area contributed by atoms with E-state index < -0.39 is 0 Å². The Hall–Kier alpha value is -0.0400. The number of rotatable bonds is 3. The zero-order valence-corrected chi connectivity index (χ0v) is 11.1. The van der Waals surface area contributed by atoms with Crippen LogP contribution in [0, 0.1) is 28.6 Å². The minimum absolute atomic E-state index is 0.0280. The molecule has 1 nitrogen and oxygen atoms in total. The molecule has 5 aliphatic rings. The van der Waals surface area contributed by atoms with Crippen molar-refractivity contribution in [2.75, 3.05) is 0 Å². The van der Waals surface area contributed by atoms with Gasteiger partial charge in [-0.1, -0.05) is 19.8 Å². The Labute approximate surface area is 105 Å². The van der Waals surface area contributed by atoms with Crippen molar-refractivity contribution >= 4 is 0 Å². The molecule has 0 aromatic carbocycles. The summed E-state index contributed by atoms with van der Waals surface area (Å²) < 4.78 is 0. The van der Waals surface area contributed by atoms with Crippen molar-refractivity contribution in [3.05, 3.63) is 0 Å². The second-order valence-corrected chi connectivity index (χ2v) is 8.33. The minimum atomic E-state index is 0.0280. The molecule has 5 saturated carbocycles. The van der Waals surface area contributed by atoms with Crippen LogP contribution < -0.4 is 0 Å². The maximum Gasteiger partial charge on any atom is 0.0599 e. The summed E-state index contributed by atoms with van der Waals surface area (Å²) >= 11 is 0. The molecule has 0 aliphatic heterocycles. The van der Waals surface area contributed by atoms with Crippen LogP contribution in [0.2, 0.25) is 0 Å². The third-order valence-corrected chi connectivity index (χ3v) is 6.36. The summed E-state index contributed by atoms with van der Waals surface area (Å²) in [7, 11) is 0. The van der Waals surface area contributed by atoms with Crippen LogP contribution >= 0.6 is 0 Å². The summed E-state index contributed by atoms with van der Waals surface area (Å²) in [5, 5.41) is 10.7. The fourth-order valence-electron chi connectivity index (χ4n) is 6.11. The average molecular weight is 234 g/mol. The third kappa shape index (κ3) is 1.69. The van der Waals surface area contributed by atoms with E-state index >= 15 is 0 Å². The first-order chi connectivity index (χ1) is 8.07. The van der Waals surface area contributed by atoms with Gasteiger partial charge in [0.25, 0.3) is 0 Å². The topological polar surface area (TPSA) is 20.2 Å². The van der Waals surface area contributed by atoms with E-state index in [1.165, 1.54) is 51.4 Å². The lowest BCUT2D eigenvalue weighted by Crippen LogP contribution is -2.55. The molecule has 96 valence electrons. The summed E-state index contributed by atoms with van der Waals surface area (Å²) in [5.41, 5.74) is 0.941. The van der Waals surface area contributed by atoms with Gasteiger partial charge in [-0.25, -0.2) is 0 Å². The summed E-state index contributed by atoms with van der Waals surface area (Å²) in [6, 6.07) is 0. The van der Waals surface area contributed by atoms with Gasteiger partial charge in [-0.3, -0.25) is 0 Å².